The lowest BCUT2D eigenvalue weighted by atomic mass is 9.91. The van der Waals surface area contributed by atoms with Crippen LogP contribution in [0.4, 0.5) is 0 Å². The molecule has 0 spiro atoms. The zero-order chi connectivity index (χ0) is 65.8. The van der Waals surface area contributed by atoms with Gasteiger partial charge in [0.2, 0.25) is 65.0 Å². The molecule has 11 amide bonds. The lowest BCUT2D eigenvalue weighted by molar-refractivity contribution is -0.157. The highest BCUT2D eigenvalue weighted by molar-refractivity contribution is 5.99. The number of nitrogens with one attached hydrogen (secondary N) is 4. The number of carbonyl (C=O) groups excluding carboxylic acids is 11. The third-order valence-corrected chi connectivity index (χ3v) is 16.3. The molecule has 486 valence electrons. The number of aliphatic hydroxyl groups excluding tert-OH is 1. The molecule has 0 aromatic carbocycles. The Bertz CT molecular complexity index is 2310. The second-order valence-electron chi connectivity index (χ2n) is 25.6. The summed E-state index contributed by atoms with van der Waals surface area (Å²) in [5.41, 5.74) is 0. The molecule has 1 fully saturated rings. The molecule has 0 aliphatic carbocycles. The van der Waals surface area contributed by atoms with Gasteiger partial charge in [-0.1, -0.05) is 115 Å². The number of allylic oxidation sites excluding steroid dienone is 2. The third kappa shape index (κ3) is 21.7. The fraction of sp³-hybridized carbons (Fsp3) is 0.790. The Hall–Kier alpha value is -6.13. The van der Waals surface area contributed by atoms with Gasteiger partial charge in [0.25, 0.3) is 0 Å². The van der Waals surface area contributed by atoms with Crippen molar-refractivity contribution in [2.75, 3.05) is 55.9 Å². The lowest BCUT2D eigenvalue weighted by Crippen LogP contribution is -2.63. The standard InChI is InChI=1S/C62H111N11O12/c1-24-27-29-40(14)52(75)51-56(79)64-43(26-3)58(81)67(17)34-48(74)69(19)45(30-28-25-2)55(78)66-49(38(10)11)61(84)68(18)42(16)53(76)65-44(31-35(4)5)54(77)63-41(15)57(80)70(20)46(32-36(6)7)59(82)71(21)47(33-37(8)9)60(83)72(22)50(39(12)13)62(85)73(51)23/h24,27,35-47,49-52,75H,25-26,28-34H2,1-23H3,(H,63,77)(H,64,79)(H,65,76)(H,66,78)/b27-24+/t40-,41-,42+,43+,44?,45?,46+,47-,49+,50+,51+,52-/m1/s1. The van der Waals surface area contributed by atoms with Gasteiger partial charge in [-0.15, -0.1) is 0 Å². The van der Waals surface area contributed by atoms with Crippen molar-refractivity contribution in [3.05, 3.63) is 12.2 Å². The number of hydrogen-bond donors (Lipinski definition) is 5. The maximum atomic E-state index is 15.1. The van der Waals surface area contributed by atoms with E-state index in [2.05, 4.69) is 21.3 Å². The van der Waals surface area contributed by atoms with Crippen molar-refractivity contribution in [1.29, 1.82) is 0 Å². The van der Waals surface area contributed by atoms with Gasteiger partial charge in [-0.2, -0.15) is 0 Å². The van der Waals surface area contributed by atoms with Crippen LogP contribution < -0.4 is 21.3 Å². The topological polar surface area (TPSA) is 279 Å². The van der Waals surface area contributed by atoms with E-state index in [-0.39, 0.29) is 49.9 Å². The Kier molecular flexibility index (Phi) is 32.1. The van der Waals surface area contributed by atoms with Gasteiger partial charge < -0.3 is 60.7 Å². The quantitative estimate of drug-likeness (QED) is 0.139. The van der Waals surface area contributed by atoms with Gasteiger partial charge in [-0.05, 0) is 94.8 Å². The predicted octanol–water partition coefficient (Wildman–Crippen LogP) is 3.41. The van der Waals surface area contributed by atoms with Gasteiger partial charge in [0.05, 0.1) is 12.6 Å². The molecular weight excluding hydrogens is 1090 g/mol. The normalized spacial score (nSPS) is 26.8. The third-order valence-electron chi connectivity index (χ3n) is 16.3. The average Bonchev–Trinajstić information content (AvgIpc) is 2.88. The molecule has 1 aliphatic heterocycles. The molecule has 1 saturated heterocycles. The first-order chi connectivity index (χ1) is 39.4. The summed E-state index contributed by atoms with van der Waals surface area (Å²) in [4.78, 5) is 168. The number of unbranched alkanes of at least 4 members (excludes halogenated alkanes) is 1. The van der Waals surface area contributed by atoms with Crippen LogP contribution in [0.2, 0.25) is 0 Å². The van der Waals surface area contributed by atoms with Gasteiger partial charge in [-0.25, -0.2) is 0 Å². The van der Waals surface area contributed by atoms with Crippen LogP contribution in [0.3, 0.4) is 0 Å². The molecule has 0 aromatic rings. The molecule has 1 rings (SSSR count). The largest absolute Gasteiger partial charge is 0.390 e. The molecule has 0 bridgehead atoms. The Morgan fingerprint density at radius 3 is 1.47 bits per heavy atom. The summed E-state index contributed by atoms with van der Waals surface area (Å²) < 4.78 is 0. The summed E-state index contributed by atoms with van der Waals surface area (Å²) in [6.07, 6.45) is 4.24. The van der Waals surface area contributed by atoms with Gasteiger partial charge in [0.15, 0.2) is 0 Å². The molecule has 85 heavy (non-hydrogen) atoms. The zero-order valence-corrected chi connectivity index (χ0v) is 55.9. The van der Waals surface area contributed by atoms with Crippen molar-refractivity contribution in [1.82, 2.24) is 55.6 Å². The van der Waals surface area contributed by atoms with Crippen LogP contribution in [0.25, 0.3) is 0 Å². The Morgan fingerprint density at radius 1 is 0.506 bits per heavy atom. The van der Waals surface area contributed by atoms with E-state index in [9.17, 15) is 48.3 Å². The smallest absolute Gasteiger partial charge is 0.246 e. The molecule has 5 N–H and O–H groups in total. The highest BCUT2D eigenvalue weighted by Gasteiger charge is 2.45. The minimum atomic E-state index is -1.61. The van der Waals surface area contributed by atoms with Gasteiger partial charge >= 0.3 is 0 Å². The number of aliphatic hydroxyl groups is 1. The minimum absolute atomic E-state index is 0.0261. The lowest BCUT2D eigenvalue weighted by Gasteiger charge is -2.41. The maximum Gasteiger partial charge on any atom is 0.246 e. The Labute approximate surface area is 508 Å². The van der Waals surface area contributed by atoms with Gasteiger partial charge in [0.1, 0.15) is 60.4 Å². The number of likely N-dealkylation sites (N-methyl/N-ethyl adjacent to an activating group) is 7. The van der Waals surface area contributed by atoms with E-state index < -0.39 is 156 Å². The molecule has 1 aliphatic rings. The number of hydrogen-bond acceptors (Lipinski definition) is 12. The fourth-order valence-corrected chi connectivity index (χ4v) is 10.6. The molecule has 23 nitrogen and oxygen atoms in total. The molecule has 0 saturated carbocycles. The second kappa shape index (κ2) is 35.5. The van der Waals surface area contributed by atoms with E-state index in [4.69, 9.17) is 0 Å². The van der Waals surface area contributed by atoms with Crippen molar-refractivity contribution >= 4 is 65.0 Å². The maximum absolute atomic E-state index is 15.1. The van der Waals surface area contributed by atoms with Crippen LogP contribution in [-0.2, 0) is 52.7 Å². The molecule has 0 aromatic heterocycles. The minimum Gasteiger partial charge on any atom is -0.390 e. The van der Waals surface area contributed by atoms with E-state index in [1.807, 2.05) is 54.5 Å². The molecule has 0 radical (unpaired) electrons. The molecule has 2 unspecified atom stereocenters. The molecule has 23 heteroatoms. The molecule has 12 atom stereocenters. The van der Waals surface area contributed by atoms with Crippen LogP contribution in [-0.4, -0.2) is 227 Å². The van der Waals surface area contributed by atoms with Crippen LogP contribution in [0, 0.1) is 35.5 Å². The summed E-state index contributed by atoms with van der Waals surface area (Å²) >= 11 is 0. The summed E-state index contributed by atoms with van der Waals surface area (Å²) in [5, 5.41) is 23.2. The van der Waals surface area contributed by atoms with Crippen LogP contribution in [0.15, 0.2) is 12.2 Å². The van der Waals surface area contributed by atoms with Gasteiger partial charge in [0, 0.05) is 49.3 Å². The average molecular weight is 1200 g/mol. The SMILES string of the molecule is C/C=C/C[C@@H](C)[C@@H](O)[C@H]1C(=O)N[C@@H](CC)C(=O)N(C)CC(=O)N(C)C(CCCC)C(=O)N[C@@H](C(C)C)C(=O)N(C)[C@@H](C)C(=O)NC(CC(C)C)C(=O)N[C@H](C)C(=O)N(C)[C@@H](CC(C)C)C(=O)N(C)[C@H](CC(C)C)C(=O)N(C)[C@@H](C(C)C)C(=O)N1C. The molecule has 1 heterocycles. The molecular formula is C62H111N11O12. The first-order valence-corrected chi connectivity index (χ1v) is 30.7. The second-order valence-corrected chi connectivity index (χ2v) is 25.6. The van der Waals surface area contributed by atoms with Crippen molar-refractivity contribution < 1.29 is 57.8 Å². The van der Waals surface area contributed by atoms with E-state index in [0.717, 1.165) is 9.80 Å². The highest BCUT2D eigenvalue weighted by atomic mass is 16.3. The van der Waals surface area contributed by atoms with Crippen molar-refractivity contribution in [3.8, 4) is 0 Å². The summed E-state index contributed by atoms with van der Waals surface area (Å²) in [7, 11) is 9.90. The Balaban J connectivity index is 4.32. The number of rotatable bonds is 16. The monoisotopic (exact) mass is 1200 g/mol. The first kappa shape index (κ1) is 76.9. The van der Waals surface area contributed by atoms with E-state index >= 15 is 9.59 Å². The first-order valence-electron chi connectivity index (χ1n) is 30.7. The fourth-order valence-electron chi connectivity index (χ4n) is 10.6. The van der Waals surface area contributed by atoms with Crippen LogP contribution in [0.5, 0.6) is 0 Å². The van der Waals surface area contributed by atoms with Gasteiger partial charge in [-0.3, -0.25) is 52.7 Å². The zero-order valence-electron chi connectivity index (χ0n) is 55.9. The van der Waals surface area contributed by atoms with Crippen molar-refractivity contribution in [2.24, 2.45) is 35.5 Å². The van der Waals surface area contributed by atoms with Crippen LogP contribution >= 0.6 is 0 Å². The van der Waals surface area contributed by atoms with E-state index in [1.165, 1.54) is 87.7 Å². The van der Waals surface area contributed by atoms with E-state index in [1.54, 1.807) is 54.5 Å². The van der Waals surface area contributed by atoms with Crippen LogP contribution in [0.1, 0.15) is 162 Å². The number of amides is 11. The number of nitrogens with zero attached hydrogens (tertiary/aromatic N) is 7. The van der Waals surface area contributed by atoms with Crippen molar-refractivity contribution in [2.45, 2.75) is 229 Å². The highest BCUT2D eigenvalue weighted by Crippen LogP contribution is 2.25. The number of carbonyl (C=O) groups is 11. The van der Waals surface area contributed by atoms with E-state index in [0.29, 0.717) is 19.3 Å². The summed E-state index contributed by atoms with van der Waals surface area (Å²) in [6, 6.07) is -12.3. The predicted molar refractivity (Wildman–Crippen MR) is 329 cm³/mol. The van der Waals surface area contributed by atoms with Crippen molar-refractivity contribution in [3.63, 3.8) is 0 Å². The summed E-state index contributed by atoms with van der Waals surface area (Å²) in [5.74, 6) is -9.52. The Morgan fingerprint density at radius 2 is 1.00 bits per heavy atom. The summed E-state index contributed by atoms with van der Waals surface area (Å²) in [6.45, 7) is 27.6.